The van der Waals surface area contributed by atoms with Crippen molar-refractivity contribution in [3.8, 4) is 5.75 Å². The van der Waals surface area contributed by atoms with Gasteiger partial charge in [0.15, 0.2) is 0 Å². The molecule has 0 unspecified atom stereocenters. The molecule has 0 fully saturated rings. The quantitative estimate of drug-likeness (QED) is 0.666. The number of rotatable bonds is 9. The molecule has 0 aliphatic carbocycles. The van der Waals surface area contributed by atoms with E-state index in [1.165, 1.54) is 0 Å². The summed E-state index contributed by atoms with van der Waals surface area (Å²) in [7, 11) is 0. The molecule has 0 aliphatic heterocycles. The van der Waals surface area contributed by atoms with Crippen molar-refractivity contribution in [3.63, 3.8) is 0 Å². The molecule has 0 heterocycles. The Morgan fingerprint density at radius 2 is 1.80 bits per heavy atom. The summed E-state index contributed by atoms with van der Waals surface area (Å²) in [6.07, 6.45) is 1.01. The number of nitrogens with one attached hydrogen (secondary N) is 2. The van der Waals surface area contributed by atoms with Crippen LogP contribution in [0.5, 0.6) is 5.75 Å². The van der Waals surface area contributed by atoms with Gasteiger partial charge in [0.05, 0.1) is 26.2 Å². The molecule has 1 aromatic rings. The van der Waals surface area contributed by atoms with E-state index in [4.69, 9.17) is 4.74 Å². The van der Waals surface area contributed by atoms with Crippen molar-refractivity contribution in [1.29, 1.82) is 0 Å². The predicted molar refractivity (Wildman–Crippen MR) is 81.5 cm³/mol. The van der Waals surface area contributed by atoms with Crippen LogP contribution in [0, 0.1) is 0 Å². The fourth-order valence-corrected chi connectivity index (χ4v) is 2.12. The molecule has 1 amide bonds. The number of ether oxygens (including phenoxy) is 1. The Labute approximate surface area is 122 Å². The first-order chi connectivity index (χ1) is 9.71. The second kappa shape index (κ2) is 9.37. The Kier molecular flexibility index (Phi) is 7.73. The van der Waals surface area contributed by atoms with Crippen LogP contribution in [0.1, 0.15) is 37.6 Å². The van der Waals surface area contributed by atoms with Crippen LogP contribution in [-0.2, 0) is 0 Å². The number of benzene rings is 1. The maximum Gasteiger partial charge on any atom is 0.251 e. The Bertz CT molecular complexity index is 386. The summed E-state index contributed by atoms with van der Waals surface area (Å²) in [6, 6.07) is 7.27. The lowest BCUT2D eigenvalue weighted by Crippen LogP contribution is -3.11. The molecule has 2 N–H and O–H groups in total. The molecule has 0 radical (unpaired) electrons. The van der Waals surface area contributed by atoms with Gasteiger partial charge in [0.25, 0.3) is 5.91 Å². The predicted octanol–water partition coefficient (Wildman–Crippen LogP) is 1.13. The molecule has 112 valence electrons. The first-order valence-corrected chi connectivity index (χ1v) is 7.55. The van der Waals surface area contributed by atoms with Crippen LogP contribution < -0.4 is 15.0 Å². The molecule has 4 nitrogen and oxygen atoms in total. The van der Waals surface area contributed by atoms with E-state index < -0.39 is 0 Å². The smallest absolute Gasteiger partial charge is 0.251 e. The highest BCUT2D eigenvalue weighted by atomic mass is 16.5. The number of quaternary nitrogens is 1. The van der Waals surface area contributed by atoms with Gasteiger partial charge < -0.3 is 15.0 Å². The zero-order valence-corrected chi connectivity index (χ0v) is 12.9. The summed E-state index contributed by atoms with van der Waals surface area (Å²) < 4.78 is 5.36. The van der Waals surface area contributed by atoms with E-state index in [-0.39, 0.29) is 5.91 Å². The molecular formula is C16H27N2O2+. The van der Waals surface area contributed by atoms with Gasteiger partial charge in [-0.2, -0.15) is 0 Å². The number of hydrogen-bond donors (Lipinski definition) is 2. The standard InChI is InChI=1S/C16H26N2O2/c1-4-18(5-2)13-7-12-17-16(19)14-8-10-15(11-9-14)20-6-3/h8-11H,4-7,12-13H2,1-3H3,(H,17,19)/p+1. The third-order valence-electron chi connectivity index (χ3n) is 3.42. The molecule has 4 heteroatoms. The van der Waals surface area contributed by atoms with Crippen molar-refractivity contribution < 1.29 is 14.4 Å². The lowest BCUT2D eigenvalue weighted by Gasteiger charge is -2.15. The van der Waals surface area contributed by atoms with Gasteiger partial charge in [-0.25, -0.2) is 0 Å². The fraction of sp³-hybridized carbons (Fsp3) is 0.562. The monoisotopic (exact) mass is 279 g/mol. The van der Waals surface area contributed by atoms with Crippen molar-refractivity contribution >= 4 is 5.91 Å². The molecule has 0 saturated heterocycles. The molecule has 1 aromatic carbocycles. The van der Waals surface area contributed by atoms with E-state index in [2.05, 4.69) is 19.2 Å². The summed E-state index contributed by atoms with van der Waals surface area (Å²) in [5.41, 5.74) is 0.684. The van der Waals surface area contributed by atoms with Gasteiger partial charge in [-0.05, 0) is 45.0 Å². The van der Waals surface area contributed by atoms with E-state index in [1.54, 1.807) is 17.0 Å². The second-order valence-electron chi connectivity index (χ2n) is 4.77. The fourth-order valence-electron chi connectivity index (χ4n) is 2.12. The summed E-state index contributed by atoms with van der Waals surface area (Å²) in [5.74, 6) is 0.789. The van der Waals surface area contributed by atoms with Gasteiger partial charge in [-0.15, -0.1) is 0 Å². The first kappa shape index (κ1) is 16.5. The summed E-state index contributed by atoms with van der Waals surface area (Å²) in [5, 5.41) is 2.96. The van der Waals surface area contributed by atoms with Gasteiger partial charge >= 0.3 is 0 Å². The van der Waals surface area contributed by atoms with Crippen molar-refractivity contribution in [2.45, 2.75) is 27.2 Å². The Hall–Kier alpha value is -1.55. The SMILES string of the molecule is CCOc1ccc(C(=O)NCCC[NH+](CC)CC)cc1. The average Bonchev–Trinajstić information content (AvgIpc) is 2.48. The normalized spacial score (nSPS) is 10.6. The van der Waals surface area contributed by atoms with Gasteiger partial charge in [-0.3, -0.25) is 4.79 Å². The van der Waals surface area contributed by atoms with Crippen LogP contribution in [0.3, 0.4) is 0 Å². The van der Waals surface area contributed by atoms with Gasteiger partial charge in [0.2, 0.25) is 0 Å². The molecule has 0 saturated carbocycles. The Morgan fingerprint density at radius 1 is 1.15 bits per heavy atom. The van der Waals surface area contributed by atoms with E-state index in [0.29, 0.717) is 12.2 Å². The molecule has 1 rings (SSSR count). The van der Waals surface area contributed by atoms with Crippen molar-refractivity contribution in [2.75, 3.05) is 32.8 Å². The van der Waals surface area contributed by atoms with Crippen LogP contribution in [0.2, 0.25) is 0 Å². The lowest BCUT2D eigenvalue weighted by molar-refractivity contribution is -0.896. The third kappa shape index (κ3) is 5.61. The van der Waals surface area contributed by atoms with Crippen LogP contribution in [-0.4, -0.2) is 38.7 Å². The van der Waals surface area contributed by atoms with E-state index in [9.17, 15) is 4.79 Å². The largest absolute Gasteiger partial charge is 0.494 e. The van der Waals surface area contributed by atoms with E-state index in [1.807, 2.05) is 19.1 Å². The third-order valence-corrected chi connectivity index (χ3v) is 3.42. The zero-order valence-electron chi connectivity index (χ0n) is 12.9. The summed E-state index contributed by atoms with van der Waals surface area (Å²) >= 11 is 0. The first-order valence-electron chi connectivity index (χ1n) is 7.55. The maximum atomic E-state index is 11.9. The van der Waals surface area contributed by atoms with E-state index >= 15 is 0 Å². The van der Waals surface area contributed by atoms with Crippen LogP contribution >= 0.6 is 0 Å². The van der Waals surface area contributed by atoms with Crippen LogP contribution in [0.4, 0.5) is 0 Å². The minimum atomic E-state index is -0.0115. The number of carbonyl (C=O) groups excluding carboxylic acids is 1. The Morgan fingerprint density at radius 3 is 2.35 bits per heavy atom. The molecule has 0 bridgehead atoms. The molecule has 20 heavy (non-hydrogen) atoms. The molecule has 0 aliphatic rings. The van der Waals surface area contributed by atoms with E-state index in [0.717, 1.165) is 38.3 Å². The lowest BCUT2D eigenvalue weighted by atomic mass is 10.2. The van der Waals surface area contributed by atoms with Crippen LogP contribution in [0.25, 0.3) is 0 Å². The average molecular weight is 279 g/mol. The molecule has 0 aromatic heterocycles. The summed E-state index contributed by atoms with van der Waals surface area (Å²) in [4.78, 5) is 13.5. The zero-order chi connectivity index (χ0) is 14.8. The molecular weight excluding hydrogens is 252 g/mol. The van der Waals surface area contributed by atoms with Crippen molar-refractivity contribution in [1.82, 2.24) is 5.32 Å². The maximum absolute atomic E-state index is 11.9. The number of carbonyl (C=O) groups is 1. The van der Waals surface area contributed by atoms with Crippen molar-refractivity contribution in [2.24, 2.45) is 0 Å². The van der Waals surface area contributed by atoms with Gasteiger partial charge in [0.1, 0.15) is 5.75 Å². The number of hydrogen-bond acceptors (Lipinski definition) is 2. The minimum absolute atomic E-state index is 0.0115. The Balaban J connectivity index is 2.32. The van der Waals surface area contributed by atoms with Crippen molar-refractivity contribution in [3.05, 3.63) is 29.8 Å². The molecule has 0 atom stereocenters. The topological polar surface area (TPSA) is 42.8 Å². The molecule has 0 spiro atoms. The highest BCUT2D eigenvalue weighted by Crippen LogP contribution is 2.11. The van der Waals surface area contributed by atoms with Gasteiger partial charge in [-0.1, -0.05) is 0 Å². The van der Waals surface area contributed by atoms with Gasteiger partial charge in [0, 0.05) is 18.5 Å². The summed E-state index contributed by atoms with van der Waals surface area (Å²) in [6.45, 7) is 11.1. The second-order valence-corrected chi connectivity index (χ2v) is 4.77. The highest BCUT2D eigenvalue weighted by Gasteiger charge is 2.06. The highest BCUT2D eigenvalue weighted by molar-refractivity contribution is 5.94. The van der Waals surface area contributed by atoms with Crippen LogP contribution in [0.15, 0.2) is 24.3 Å². The number of amides is 1. The minimum Gasteiger partial charge on any atom is -0.494 e.